The van der Waals surface area contributed by atoms with Crippen LogP contribution in [0, 0.1) is 5.41 Å². The van der Waals surface area contributed by atoms with Gasteiger partial charge in [-0.2, -0.15) is 4.31 Å². The Balaban J connectivity index is 1.48. The summed E-state index contributed by atoms with van der Waals surface area (Å²) in [5.74, 6) is -3.18. The average Bonchev–Trinajstić information content (AvgIpc) is 3.64. The molecule has 8 atom stereocenters. The van der Waals surface area contributed by atoms with E-state index in [1.165, 1.54) is 13.8 Å². The summed E-state index contributed by atoms with van der Waals surface area (Å²) < 4.78 is 61.9. The third-order valence-corrected chi connectivity index (χ3v) is 11.7. The van der Waals surface area contributed by atoms with Gasteiger partial charge in [0.05, 0.1) is 26.0 Å². The topological polar surface area (TPSA) is 421 Å². The van der Waals surface area contributed by atoms with Crippen molar-refractivity contribution in [2.45, 2.75) is 69.9 Å². The summed E-state index contributed by atoms with van der Waals surface area (Å²) in [6.45, 7) is 0.988. The van der Waals surface area contributed by atoms with Gasteiger partial charge in [0, 0.05) is 30.7 Å². The van der Waals surface area contributed by atoms with E-state index in [4.69, 9.17) is 24.6 Å². The van der Waals surface area contributed by atoms with Crippen LogP contribution in [0.4, 0.5) is 5.82 Å². The number of carboxylic acids is 1. The van der Waals surface area contributed by atoms with Gasteiger partial charge in [0.15, 0.2) is 28.4 Å². The van der Waals surface area contributed by atoms with Crippen LogP contribution in [0.3, 0.4) is 0 Å². The second kappa shape index (κ2) is 19.4. The number of thioether (sulfide) groups is 1. The quantitative estimate of drug-likeness (QED) is 0.0445. The Labute approximate surface area is 326 Å². The number of aromatic nitrogens is 4. The molecule has 8 unspecified atom stereocenters. The van der Waals surface area contributed by atoms with Crippen LogP contribution in [-0.4, -0.2) is 144 Å². The van der Waals surface area contributed by atoms with Crippen molar-refractivity contribution in [3.05, 3.63) is 12.7 Å². The smallest absolute Gasteiger partial charge is 0.479 e. The van der Waals surface area contributed by atoms with Crippen LogP contribution in [0.5, 0.6) is 0 Å². The molecule has 2 aromatic rings. The van der Waals surface area contributed by atoms with Crippen LogP contribution in [0.1, 0.15) is 39.8 Å². The van der Waals surface area contributed by atoms with Crippen molar-refractivity contribution in [3.8, 4) is 0 Å². The van der Waals surface area contributed by atoms with Crippen molar-refractivity contribution in [1.82, 2.24) is 30.2 Å². The Morgan fingerprint density at radius 2 is 1.68 bits per heavy atom. The standard InChI is InChI=1S/C26H42N7O20P3S/c1-25(2,19(37)22(38)29-5-4-14(34)28-6-7-57-15(35)8-26(3,41)24(39)40)10-50-56(47,48)53-55(45,46)49-9-13-18(52-54(42,43)44)17(36)23(51-13)33-12-32-16-20(27)30-11-31-21(16)33/h11-13,17-19,23,36-37,41H,4-10H2,1-3H3,(H,28,34)(H,29,38)(H,39,40)(H,45,46)(H,47,48)(H2,27,30,31)(H2,42,43,44). The highest BCUT2D eigenvalue weighted by Gasteiger charge is 2.50. The summed E-state index contributed by atoms with van der Waals surface area (Å²) in [6.07, 6.45) is -7.85. The highest BCUT2D eigenvalue weighted by atomic mass is 32.2. The molecule has 1 aliphatic heterocycles. The van der Waals surface area contributed by atoms with Gasteiger partial charge in [-0.05, 0) is 6.92 Å². The highest BCUT2D eigenvalue weighted by molar-refractivity contribution is 8.13. The number of nitrogens with zero attached hydrogens (tertiary/aromatic N) is 4. The number of rotatable bonds is 22. The van der Waals surface area contributed by atoms with Crippen molar-refractivity contribution < 1.29 is 95.5 Å². The molecular weight excluding hydrogens is 855 g/mol. The van der Waals surface area contributed by atoms with Gasteiger partial charge in [-0.1, -0.05) is 25.6 Å². The molecule has 57 heavy (non-hydrogen) atoms. The first-order chi connectivity index (χ1) is 26.1. The van der Waals surface area contributed by atoms with Crippen molar-refractivity contribution >= 4 is 75.1 Å². The van der Waals surface area contributed by atoms with E-state index in [0.29, 0.717) is 11.8 Å². The highest BCUT2D eigenvalue weighted by Crippen LogP contribution is 2.61. The maximum absolute atomic E-state index is 12.7. The molecule has 1 aliphatic rings. The van der Waals surface area contributed by atoms with Gasteiger partial charge in [0.25, 0.3) is 0 Å². The zero-order valence-electron chi connectivity index (χ0n) is 30.1. The van der Waals surface area contributed by atoms with Crippen molar-refractivity contribution in [2.75, 3.05) is 37.8 Å². The number of carbonyl (C=O) groups excluding carboxylic acids is 3. The van der Waals surface area contributed by atoms with Crippen LogP contribution in [0.25, 0.3) is 11.2 Å². The number of carbonyl (C=O) groups is 4. The molecule has 0 bridgehead atoms. The lowest BCUT2D eigenvalue weighted by Crippen LogP contribution is -2.46. The Morgan fingerprint density at radius 1 is 1.04 bits per heavy atom. The lowest BCUT2D eigenvalue weighted by atomic mass is 9.87. The van der Waals surface area contributed by atoms with E-state index in [9.17, 15) is 67.8 Å². The number of fused-ring (bicyclic) bond motifs is 1. The minimum absolute atomic E-state index is 0.0136. The van der Waals surface area contributed by atoms with Crippen molar-refractivity contribution in [2.24, 2.45) is 5.41 Å². The fraction of sp³-hybridized carbons (Fsp3) is 0.654. The number of nitrogens with two attached hydrogens (primary N) is 1. The monoisotopic (exact) mass is 897 g/mol. The second-order valence-electron chi connectivity index (χ2n) is 13.0. The second-order valence-corrected chi connectivity index (χ2v) is 18.4. The molecule has 12 N–H and O–H groups in total. The molecule has 0 aliphatic carbocycles. The number of aliphatic hydroxyl groups excluding tert-OH is 2. The molecule has 0 aromatic carbocycles. The molecule has 31 heteroatoms. The maximum atomic E-state index is 12.7. The molecule has 2 aromatic heterocycles. The Bertz CT molecular complexity index is 1930. The molecular formula is C26H42N7O20P3S. The van der Waals surface area contributed by atoms with Gasteiger partial charge in [-0.25, -0.2) is 33.4 Å². The number of hydrogen-bond acceptors (Lipinski definition) is 20. The number of aliphatic hydroxyl groups is 3. The van der Waals surface area contributed by atoms with Crippen LogP contribution in [0.2, 0.25) is 0 Å². The third kappa shape index (κ3) is 14.3. The SMILES string of the molecule is CC(O)(CC(=O)SCCNC(=O)CCNC(=O)C(O)C(C)(C)COP(=O)(O)OP(=O)(O)OCC1OC(n2cnc3c(N)ncnc32)C(O)C1OP(=O)(O)O)C(=O)O. The summed E-state index contributed by atoms with van der Waals surface area (Å²) in [6, 6.07) is 0. The number of nitrogen functional groups attached to an aromatic ring is 1. The Hall–Kier alpha value is -3.01. The predicted molar refractivity (Wildman–Crippen MR) is 190 cm³/mol. The van der Waals surface area contributed by atoms with Gasteiger partial charge < -0.3 is 61.1 Å². The molecule has 1 saturated heterocycles. The summed E-state index contributed by atoms with van der Waals surface area (Å²) >= 11 is 0.691. The molecule has 27 nitrogen and oxygen atoms in total. The fourth-order valence-electron chi connectivity index (χ4n) is 4.70. The number of carboxylic acid groups (broad SMARTS) is 1. The number of imidazole rings is 1. The number of anilines is 1. The van der Waals surface area contributed by atoms with Crippen LogP contribution < -0.4 is 16.4 Å². The number of phosphoric acid groups is 3. The minimum atomic E-state index is -5.60. The van der Waals surface area contributed by atoms with E-state index >= 15 is 0 Å². The summed E-state index contributed by atoms with van der Waals surface area (Å²) in [5.41, 5.74) is 1.93. The van der Waals surface area contributed by atoms with Gasteiger partial charge in [-0.3, -0.25) is 32.5 Å². The van der Waals surface area contributed by atoms with E-state index in [1.807, 2.05) is 0 Å². The first-order valence-electron chi connectivity index (χ1n) is 16.1. The van der Waals surface area contributed by atoms with Gasteiger partial charge in [0.1, 0.15) is 36.3 Å². The van der Waals surface area contributed by atoms with E-state index in [-0.39, 0.29) is 42.2 Å². The number of aliphatic carboxylic acids is 1. The van der Waals surface area contributed by atoms with Crippen LogP contribution >= 0.6 is 35.2 Å². The number of nitrogens with one attached hydrogen (secondary N) is 2. The molecule has 3 heterocycles. The number of phosphoric ester groups is 3. The first-order valence-corrected chi connectivity index (χ1v) is 21.7. The molecule has 0 spiro atoms. The molecule has 3 rings (SSSR count). The van der Waals surface area contributed by atoms with Gasteiger partial charge in [-0.15, -0.1) is 0 Å². The number of ether oxygens (including phenoxy) is 1. The van der Waals surface area contributed by atoms with Gasteiger partial charge in [0.2, 0.25) is 11.8 Å². The average molecular weight is 898 g/mol. The zero-order chi connectivity index (χ0) is 43.1. The lowest BCUT2D eigenvalue weighted by Gasteiger charge is -2.30. The minimum Gasteiger partial charge on any atom is -0.479 e. The summed E-state index contributed by atoms with van der Waals surface area (Å²) in [7, 11) is -16.5. The van der Waals surface area contributed by atoms with Crippen molar-refractivity contribution in [3.63, 3.8) is 0 Å². The van der Waals surface area contributed by atoms with E-state index in [1.54, 1.807) is 0 Å². The molecule has 0 saturated carbocycles. The zero-order valence-corrected chi connectivity index (χ0v) is 33.6. The molecule has 1 fully saturated rings. The predicted octanol–water partition coefficient (Wildman–Crippen LogP) is -2.11. The van der Waals surface area contributed by atoms with E-state index in [0.717, 1.165) is 24.1 Å². The largest absolute Gasteiger partial charge is 0.481 e. The normalized spacial score (nSPS) is 22.6. The van der Waals surface area contributed by atoms with Crippen LogP contribution in [-0.2, 0) is 55.5 Å². The Morgan fingerprint density at radius 3 is 2.32 bits per heavy atom. The number of amides is 2. The van der Waals surface area contributed by atoms with Crippen molar-refractivity contribution in [1.29, 1.82) is 0 Å². The number of hydrogen-bond donors (Lipinski definition) is 11. The lowest BCUT2D eigenvalue weighted by molar-refractivity contribution is -0.158. The maximum Gasteiger partial charge on any atom is 0.481 e. The molecule has 322 valence electrons. The van der Waals surface area contributed by atoms with E-state index in [2.05, 4.69) is 34.4 Å². The fourth-order valence-corrected chi connectivity index (χ4v) is 8.35. The molecule has 0 radical (unpaired) electrons. The summed E-state index contributed by atoms with van der Waals surface area (Å²) in [4.78, 5) is 98.1. The Kier molecular flexibility index (Phi) is 16.4. The third-order valence-electron chi connectivity index (χ3n) is 7.71. The first kappa shape index (κ1) is 48.4. The summed E-state index contributed by atoms with van der Waals surface area (Å²) in [5, 5.41) is 44.0. The van der Waals surface area contributed by atoms with Crippen LogP contribution in [0.15, 0.2) is 12.7 Å². The van der Waals surface area contributed by atoms with Gasteiger partial charge >= 0.3 is 29.4 Å². The van der Waals surface area contributed by atoms with E-state index < -0.39 is 108 Å². The molecule has 2 amide bonds.